The molecule has 1 aromatic heterocycles. The molecule has 0 unspecified atom stereocenters. The highest BCUT2D eigenvalue weighted by Gasteiger charge is 2.12. The molecule has 2 amide bonds. The van der Waals surface area contributed by atoms with Gasteiger partial charge in [0.2, 0.25) is 0 Å². The minimum atomic E-state index is -0.343. The van der Waals surface area contributed by atoms with Crippen LogP contribution in [0.25, 0.3) is 0 Å². The van der Waals surface area contributed by atoms with E-state index < -0.39 is 0 Å². The van der Waals surface area contributed by atoms with Crippen LogP contribution in [0.5, 0.6) is 5.75 Å². The molecule has 0 fully saturated rings. The number of para-hydroxylation sites is 2. The molecule has 3 rings (SSSR count). The zero-order chi connectivity index (χ0) is 18.5. The number of hydrogen-bond donors (Lipinski definition) is 2. The molecule has 2 aromatic carbocycles. The summed E-state index contributed by atoms with van der Waals surface area (Å²) in [7, 11) is 1.54. The van der Waals surface area contributed by atoms with E-state index in [-0.39, 0.29) is 17.6 Å². The number of carbonyl (C=O) groups excluding carboxylic acids is 2. The number of benzene rings is 2. The first-order valence-corrected chi connectivity index (χ1v) is 7.99. The van der Waals surface area contributed by atoms with Crippen molar-refractivity contribution in [1.29, 1.82) is 0 Å². The fourth-order valence-corrected chi connectivity index (χ4v) is 2.40. The van der Waals surface area contributed by atoms with Crippen LogP contribution in [-0.2, 0) is 0 Å². The van der Waals surface area contributed by atoms with Crippen molar-refractivity contribution in [3.63, 3.8) is 0 Å². The molecule has 0 aliphatic heterocycles. The lowest BCUT2D eigenvalue weighted by molar-refractivity contribution is 0.0994. The quantitative estimate of drug-likeness (QED) is 0.726. The molecule has 0 aliphatic rings. The molecule has 0 atom stereocenters. The number of anilines is 2. The van der Waals surface area contributed by atoms with Gasteiger partial charge in [0.05, 0.1) is 12.8 Å². The largest absolute Gasteiger partial charge is 0.495 e. The molecule has 3 aromatic rings. The van der Waals surface area contributed by atoms with Crippen LogP contribution in [0.1, 0.15) is 26.7 Å². The van der Waals surface area contributed by atoms with E-state index in [0.29, 0.717) is 28.4 Å². The van der Waals surface area contributed by atoms with Crippen LogP contribution in [-0.4, -0.2) is 18.9 Å². The summed E-state index contributed by atoms with van der Waals surface area (Å²) in [6, 6.07) is 17.1. The minimum Gasteiger partial charge on any atom is -0.495 e. The molecule has 0 radical (unpaired) electrons. The lowest BCUT2D eigenvalue weighted by Crippen LogP contribution is -2.13. The summed E-state index contributed by atoms with van der Waals surface area (Å²) in [5.41, 5.74) is 1.62. The van der Waals surface area contributed by atoms with Crippen molar-refractivity contribution in [1.82, 2.24) is 0 Å². The first kappa shape index (κ1) is 17.3. The number of nitrogens with one attached hydrogen (secondary N) is 2. The van der Waals surface area contributed by atoms with Gasteiger partial charge in [0.25, 0.3) is 11.8 Å². The fraction of sp³-hybridized carbons (Fsp3) is 0.100. The van der Waals surface area contributed by atoms with Crippen LogP contribution in [0.2, 0.25) is 0 Å². The van der Waals surface area contributed by atoms with E-state index in [4.69, 9.17) is 9.15 Å². The van der Waals surface area contributed by atoms with Crippen LogP contribution in [0, 0.1) is 6.92 Å². The topological polar surface area (TPSA) is 80.6 Å². The molecule has 6 heteroatoms. The number of amides is 2. The van der Waals surface area contributed by atoms with Crippen LogP contribution >= 0.6 is 0 Å². The molecular weight excluding hydrogens is 332 g/mol. The predicted octanol–water partition coefficient (Wildman–Crippen LogP) is 4.10. The Morgan fingerprint density at radius 2 is 1.62 bits per heavy atom. The van der Waals surface area contributed by atoms with Gasteiger partial charge in [-0.1, -0.05) is 12.1 Å². The molecule has 0 bridgehead atoms. The van der Waals surface area contributed by atoms with Gasteiger partial charge in [-0.15, -0.1) is 0 Å². The van der Waals surface area contributed by atoms with Gasteiger partial charge in [-0.25, -0.2) is 0 Å². The standard InChI is InChI=1S/C20H18N2O4/c1-13-7-12-18(26-13)20(24)21-15-10-8-14(9-11-15)19(23)22-16-5-3-4-6-17(16)25-2/h3-12H,1-2H3,(H,21,24)(H,22,23). The van der Waals surface area contributed by atoms with Crippen molar-refractivity contribution < 1.29 is 18.7 Å². The van der Waals surface area contributed by atoms with Crippen LogP contribution in [0.15, 0.2) is 65.1 Å². The van der Waals surface area contributed by atoms with Crippen molar-refractivity contribution in [3.8, 4) is 5.75 Å². The molecular formula is C20H18N2O4. The highest BCUT2D eigenvalue weighted by Crippen LogP contribution is 2.24. The molecule has 132 valence electrons. The smallest absolute Gasteiger partial charge is 0.291 e. The molecule has 6 nitrogen and oxygen atoms in total. The SMILES string of the molecule is COc1ccccc1NC(=O)c1ccc(NC(=O)c2ccc(C)o2)cc1. The average molecular weight is 350 g/mol. The van der Waals surface area contributed by atoms with Gasteiger partial charge >= 0.3 is 0 Å². The van der Waals surface area contributed by atoms with Crippen LogP contribution < -0.4 is 15.4 Å². The third-order valence-electron chi connectivity index (χ3n) is 3.72. The number of hydrogen-bond acceptors (Lipinski definition) is 4. The molecule has 2 N–H and O–H groups in total. The number of aryl methyl sites for hydroxylation is 1. The maximum atomic E-state index is 12.4. The Bertz CT molecular complexity index is 929. The zero-order valence-electron chi connectivity index (χ0n) is 14.4. The predicted molar refractivity (Wildman–Crippen MR) is 98.8 cm³/mol. The number of furan rings is 1. The van der Waals surface area contributed by atoms with Crippen LogP contribution in [0.3, 0.4) is 0 Å². The Morgan fingerprint density at radius 3 is 2.27 bits per heavy atom. The Labute approximate surface area is 150 Å². The summed E-state index contributed by atoms with van der Waals surface area (Å²) in [6.45, 7) is 1.77. The van der Waals surface area contributed by atoms with Gasteiger partial charge in [0.1, 0.15) is 11.5 Å². The van der Waals surface area contributed by atoms with Crippen molar-refractivity contribution in [2.24, 2.45) is 0 Å². The maximum Gasteiger partial charge on any atom is 0.291 e. The van der Waals surface area contributed by atoms with E-state index >= 15 is 0 Å². The fourth-order valence-electron chi connectivity index (χ4n) is 2.40. The summed E-state index contributed by atoms with van der Waals surface area (Å²) in [5.74, 6) is 0.871. The van der Waals surface area contributed by atoms with Gasteiger partial charge in [-0.2, -0.15) is 0 Å². The van der Waals surface area contributed by atoms with E-state index in [1.807, 2.05) is 12.1 Å². The lowest BCUT2D eigenvalue weighted by atomic mass is 10.2. The Kier molecular flexibility index (Phi) is 5.03. The van der Waals surface area contributed by atoms with E-state index in [1.54, 1.807) is 62.6 Å². The van der Waals surface area contributed by atoms with Gasteiger partial charge in [-0.3, -0.25) is 9.59 Å². The Hall–Kier alpha value is -3.54. The first-order valence-electron chi connectivity index (χ1n) is 7.99. The normalized spacial score (nSPS) is 10.2. The number of carbonyl (C=O) groups is 2. The molecule has 26 heavy (non-hydrogen) atoms. The molecule has 0 aliphatic carbocycles. The summed E-state index contributed by atoms with van der Waals surface area (Å²) in [6.07, 6.45) is 0. The van der Waals surface area contributed by atoms with Crippen molar-refractivity contribution in [2.45, 2.75) is 6.92 Å². The van der Waals surface area contributed by atoms with Gasteiger partial charge in [0.15, 0.2) is 5.76 Å². The summed E-state index contributed by atoms with van der Waals surface area (Å²) in [4.78, 5) is 24.4. The molecule has 0 saturated heterocycles. The zero-order valence-corrected chi connectivity index (χ0v) is 14.4. The minimum absolute atomic E-state index is 0.237. The molecule has 1 heterocycles. The van der Waals surface area contributed by atoms with Gasteiger partial charge in [0, 0.05) is 11.3 Å². The monoisotopic (exact) mass is 350 g/mol. The highest BCUT2D eigenvalue weighted by atomic mass is 16.5. The number of ether oxygens (including phenoxy) is 1. The Morgan fingerprint density at radius 1 is 0.885 bits per heavy atom. The van der Waals surface area contributed by atoms with Gasteiger partial charge < -0.3 is 19.8 Å². The highest BCUT2D eigenvalue weighted by molar-refractivity contribution is 6.06. The second kappa shape index (κ2) is 7.57. The molecule has 0 spiro atoms. The third kappa shape index (κ3) is 3.92. The van der Waals surface area contributed by atoms with Crippen molar-refractivity contribution in [2.75, 3.05) is 17.7 Å². The summed E-state index contributed by atoms with van der Waals surface area (Å²) < 4.78 is 10.5. The second-order valence-corrected chi connectivity index (χ2v) is 5.60. The van der Waals surface area contributed by atoms with E-state index in [1.165, 1.54) is 0 Å². The molecule has 0 saturated carbocycles. The third-order valence-corrected chi connectivity index (χ3v) is 3.72. The van der Waals surface area contributed by atoms with Crippen molar-refractivity contribution >= 4 is 23.2 Å². The van der Waals surface area contributed by atoms with Crippen molar-refractivity contribution in [3.05, 3.63) is 77.7 Å². The number of methoxy groups -OCH3 is 1. The maximum absolute atomic E-state index is 12.4. The van der Waals surface area contributed by atoms with Crippen LogP contribution in [0.4, 0.5) is 11.4 Å². The first-order chi connectivity index (χ1) is 12.6. The summed E-state index contributed by atoms with van der Waals surface area (Å²) >= 11 is 0. The lowest BCUT2D eigenvalue weighted by Gasteiger charge is -2.10. The van der Waals surface area contributed by atoms with Gasteiger partial charge in [-0.05, 0) is 55.5 Å². The number of rotatable bonds is 5. The van der Waals surface area contributed by atoms with E-state index in [2.05, 4.69) is 10.6 Å². The average Bonchev–Trinajstić information content (AvgIpc) is 3.09. The van der Waals surface area contributed by atoms with E-state index in [9.17, 15) is 9.59 Å². The Balaban J connectivity index is 1.67. The second-order valence-electron chi connectivity index (χ2n) is 5.60. The van der Waals surface area contributed by atoms with E-state index in [0.717, 1.165) is 0 Å². The summed E-state index contributed by atoms with van der Waals surface area (Å²) in [5, 5.41) is 5.52.